The van der Waals surface area contributed by atoms with Gasteiger partial charge in [-0.1, -0.05) is 60.8 Å². The first-order valence-electron chi connectivity index (χ1n) is 6.06. The number of hydrogen-bond acceptors (Lipinski definition) is 8. The SMILES string of the molecule is CCSc1nnc(SC(C)c2nc(C(C)C)no2)s1. The Labute approximate surface area is 125 Å². The van der Waals surface area contributed by atoms with Crippen LogP contribution < -0.4 is 0 Å². The van der Waals surface area contributed by atoms with Crippen LogP contribution in [-0.2, 0) is 0 Å². The fourth-order valence-electron chi connectivity index (χ4n) is 1.28. The highest BCUT2D eigenvalue weighted by Crippen LogP contribution is 2.37. The molecule has 0 aliphatic carbocycles. The minimum absolute atomic E-state index is 0.0902. The quantitative estimate of drug-likeness (QED) is 0.746. The number of rotatable bonds is 6. The van der Waals surface area contributed by atoms with Gasteiger partial charge in [-0.2, -0.15) is 4.98 Å². The largest absolute Gasteiger partial charge is 0.338 e. The highest BCUT2D eigenvalue weighted by atomic mass is 32.2. The van der Waals surface area contributed by atoms with E-state index in [1.54, 1.807) is 34.9 Å². The lowest BCUT2D eigenvalue weighted by Gasteiger charge is -2.01. The van der Waals surface area contributed by atoms with Gasteiger partial charge in [0.15, 0.2) is 14.5 Å². The van der Waals surface area contributed by atoms with Crippen LogP contribution in [0.25, 0.3) is 0 Å². The Kier molecular flexibility index (Phi) is 5.23. The van der Waals surface area contributed by atoms with Crippen LogP contribution in [0.1, 0.15) is 50.6 Å². The van der Waals surface area contributed by atoms with E-state index in [4.69, 9.17) is 4.52 Å². The van der Waals surface area contributed by atoms with Gasteiger partial charge >= 0.3 is 0 Å². The molecule has 0 radical (unpaired) electrons. The molecule has 0 saturated heterocycles. The van der Waals surface area contributed by atoms with Gasteiger partial charge in [-0.3, -0.25) is 0 Å². The van der Waals surface area contributed by atoms with Crippen molar-refractivity contribution in [1.82, 2.24) is 20.3 Å². The third-order valence-corrected chi connectivity index (χ3v) is 5.37. The van der Waals surface area contributed by atoms with Gasteiger partial charge in [0.05, 0.1) is 5.25 Å². The van der Waals surface area contributed by atoms with Crippen LogP contribution in [0, 0.1) is 0 Å². The molecule has 0 bridgehead atoms. The van der Waals surface area contributed by atoms with Gasteiger partial charge in [-0.05, 0) is 12.7 Å². The zero-order valence-electron chi connectivity index (χ0n) is 11.3. The molecule has 2 aromatic rings. The lowest BCUT2D eigenvalue weighted by atomic mass is 10.2. The first kappa shape index (κ1) is 14.8. The van der Waals surface area contributed by atoms with Crippen molar-refractivity contribution in [2.24, 2.45) is 0 Å². The van der Waals surface area contributed by atoms with Crippen LogP contribution in [0.4, 0.5) is 0 Å². The predicted octanol–water partition coefficient (Wildman–Crippen LogP) is 4.01. The Hall–Kier alpha value is -0.600. The Balaban J connectivity index is 2.00. The van der Waals surface area contributed by atoms with Crippen molar-refractivity contribution in [3.8, 4) is 0 Å². The van der Waals surface area contributed by atoms with Gasteiger partial charge in [-0.15, -0.1) is 10.2 Å². The standard InChI is InChI=1S/C11H16N4OS3/c1-5-17-10-13-14-11(19-10)18-7(4)9-12-8(6(2)3)15-16-9/h6-7H,5H2,1-4H3. The minimum atomic E-state index is 0.0902. The van der Waals surface area contributed by atoms with Crippen molar-refractivity contribution in [3.05, 3.63) is 11.7 Å². The molecule has 0 N–H and O–H groups in total. The second kappa shape index (κ2) is 6.71. The summed E-state index contributed by atoms with van der Waals surface area (Å²) in [5.41, 5.74) is 0. The maximum atomic E-state index is 5.28. The molecule has 0 spiro atoms. The third-order valence-electron chi connectivity index (χ3n) is 2.25. The molecule has 2 aromatic heterocycles. The van der Waals surface area contributed by atoms with Crippen molar-refractivity contribution in [2.45, 2.75) is 47.5 Å². The topological polar surface area (TPSA) is 64.7 Å². The van der Waals surface area contributed by atoms with Gasteiger partial charge in [0.25, 0.3) is 0 Å². The lowest BCUT2D eigenvalue weighted by molar-refractivity contribution is 0.373. The molecule has 2 rings (SSSR count). The van der Waals surface area contributed by atoms with E-state index in [9.17, 15) is 0 Å². The average Bonchev–Trinajstić information content (AvgIpc) is 2.98. The number of thioether (sulfide) groups is 2. The van der Waals surface area contributed by atoms with E-state index in [1.165, 1.54) is 0 Å². The summed E-state index contributed by atoms with van der Waals surface area (Å²) in [6, 6.07) is 0. The van der Waals surface area contributed by atoms with Gasteiger partial charge in [-0.25, -0.2) is 0 Å². The molecule has 1 atom stereocenters. The lowest BCUT2D eigenvalue weighted by Crippen LogP contribution is -1.92. The van der Waals surface area contributed by atoms with Crippen molar-refractivity contribution >= 4 is 34.9 Å². The Morgan fingerprint density at radius 3 is 2.58 bits per heavy atom. The molecular formula is C11H16N4OS3. The molecule has 0 fully saturated rings. The number of hydrogen-bond donors (Lipinski definition) is 0. The molecule has 8 heteroatoms. The second-order valence-corrected chi connectivity index (χ2v) is 8.25. The van der Waals surface area contributed by atoms with Gasteiger partial charge in [0.1, 0.15) is 0 Å². The molecule has 19 heavy (non-hydrogen) atoms. The fraction of sp³-hybridized carbons (Fsp3) is 0.636. The molecule has 2 heterocycles. The molecule has 0 amide bonds. The Bertz CT molecular complexity index is 525. The summed E-state index contributed by atoms with van der Waals surface area (Å²) in [7, 11) is 0. The van der Waals surface area contributed by atoms with Crippen LogP contribution in [0.5, 0.6) is 0 Å². The van der Waals surface area contributed by atoms with Crippen molar-refractivity contribution in [2.75, 3.05) is 5.75 Å². The first-order chi connectivity index (χ1) is 9.10. The van der Waals surface area contributed by atoms with Crippen LogP contribution in [0.15, 0.2) is 13.2 Å². The van der Waals surface area contributed by atoms with Crippen molar-refractivity contribution < 1.29 is 4.52 Å². The highest BCUT2D eigenvalue weighted by Gasteiger charge is 2.19. The number of nitrogens with zero attached hydrogens (tertiary/aromatic N) is 4. The van der Waals surface area contributed by atoms with Crippen molar-refractivity contribution in [3.63, 3.8) is 0 Å². The van der Waals surface area contributed by atoms with E-state index in [1.807, 2.05) is 20.8 Å². The van der Waals surface area contributed by atoms with E-state index in [0.29, 0.717) is 5.89 Å². The Morgan fingerprint density at radius 2 is 1.95 bits per heavy atom. The minimum Gasteiger partial charge on any atom is -0.338 e. The van der Waals surface area contributed by atoms with Crippen LogP contribution >= 0.6 is 34.9 Å². The summed E-state index contributed by atoms with van der Waals surface area (Å²) >= 11 is 4.92. The molecule has 0 aromatic carbocycles. The Morgan fingerprint density at radius 1 is 1.21 bits per heavy atom. The van der Waals surface area contributed by atoms with Crippen LogP contribution in [-0.4, -0.2) is 26.1 Å². The number of aromatic nitrogens is 4. The van der Waals surface area contributed by atoms with Crippen LogP contribution in [0.2, 0.25) is 0 Å². The van der Waals surface area contributed by atoms with E-state index >= 15 is 0 Å². The second-order valence-electron chi connectivity index (χ2n) is 4.17. The van der Waals surface area contributed by atoms with Crippen molar-refractivity contribution in [1.29, 1.82) is 0 Å². The first-order valence-corrected chi connectivity index (χ1v) is 8.74. The summed E-state index contributed by atoms with van der Waals surface area (Å²) in [6.07, 6.45) is 0. The summed E-state index contributed by atoms with van der Waals surface area (Å²) in [5, 5.41) is 12.4. The van der Waals surface area contributed by atoms with E-state index in [-0.39, 0.29) is 11.2 Å². The molecule has 104 valence electrons. The molecule has 1 unspecified atom stereocenters. The summed E-state index contributed by atoms with van der Waals surface area (Å²) < 4.78 is 7.23. The smallest absolute Gasteiger partial charge is 0.239 e. The normalized spacial score (nSPS) is 13.1. The highest BCUT2D eigenvalue weighted by molar-refractivity contribution is 8.03. The fourth-order valence-corrected chi connectivity index (χ4v) is 4.37. The monoisotopic (exact) mass is 316 g/mol. The van der Waals surface area contributed by atoms with E-state index in [0.717, 1.165) is 20.3 Å². The van der Waals surface area contributed by atoms with Gasteiger partial charge in [0, 0.05) is 5.92 Å². The molecular weight excluding hydrogens is 300 g/mol. The summed E-state index contributed by atoms with van der Waals surface area (Å²) in [5.74, 6) is 2.69. The predicted molar refractivity (Wildman–Crippen MR) is 79.0 cm³/mol. The van der Waals surface area contributed by atoms with Gasteiger partial charge in [0.2, 0.25) is 5.89 Å². The molecule has 5 nitrogen and oxygen atoms in total. The van der Waals surface area contributed by atoms with E-state index < -0.39 is 0 Å². The maximum Gasteiger partial charge on any atom is 0.239 e. The van der Waals surface area contributed by atoms with E-state index in [2.05, 4.69) is 27.3 Å². The maximum absolute atomic E-state index is 5.28. The molecule has 0 aliphatic heterocycles. The zero-order valence-corrected chi connectivity index (χ0v) is 13.7. The van der Waals surface area contributed by atoms with Gasteiger partial charge < -0.3 is 4.52 Å². The zero-order chi connectivity index (χ0) is 13.8. The average molecular weight is 316 g/mol. The molecule has 0 saturated carbocycles. The van der Waals surface area contributed by atoms with Crippen LogP contribution in [0.3, 0.4) is 0 Å². The summed E-state index contributed by atoms with van der Waals surface area (Å²) in [4.78, 5) is 4.40. The summed E-state index contributed by atoms with van der Waals surface area (Å²) in [6.45, 7) is 8.24. The third kappa shape index (κ3) is 3.93. The molecule has 0 aliphatic rings.